The maximum Gasteiger partial charge on any atom is 0.294 e. The Bertz CT molecular complexity index is 1260. The second-order valence-electron chi connectivity index (χ2n) is 6.79. The van der Waals surface area contributed by atoms with E-state index in [1.807, 2.05) is 32.9 Å². The van der Waals surface area contributed by atoms with Crippen LogP contribution in [0.3, 0.4) is 0 Å². The molecule has 0 bridgehead atoms. The molecule has 0 aromatic carbocycles. The molecule has 9 nitrogen and oxygen atoms in total. The van der Waals surface area contributed by atoms with Crippen LogP contribution in [0, 0.1) is 20.8 Å². The third kappa shape index (κ3) is 3.00. The van der Waals surface area contributed by atoms with Gasteiger partial charge in [-0.25, -0.2) is 4.98 Å². The quantitative estimate of drug-likeness (QED) is 0.562. The van der Waals surface area contributed by atoms with Gasteiger partial charge >= 0.3 is 0 Å². The van der Waals surface area contributed by atoms with Gasteiger partial charge in [-0.2, -0.15) is 5.10 Å². The summed E-state index contributed by atoms with van der Waals surface area (Å²) in [5, 5.41) is 9.66. The summed E-state index contributed by atoms with van der Waals surface area (Å²) < 4.78 is 8.67. The number of imidazole rings is 1. The normalized spacial score (nSPS) is 11.3. The predicted octanol–water partition coefficient (Wildman–Crippen LogP) is 1.87. The average Bonchev–Trinajstić information content (AvgIpc) is 3.34. The van der Waals surface area contributed by atoms with Crippen molar-refractivity contribution in [3.8, 4) is 11.3 Å². The molecule has 0 radical (unpaired) electrons. The van der Waals surface area contributed by atoms with Crippen LogP contribution in [-0.4, -0.2) is 30.1 Å². The highest BCUT2D eigenvalue weighted by Crippen LogP contribution is 2.25. The molecular weight excluding hydrogens is 360 g/mol. The van der Waals surface area contributed by atoms with E-state index in [0.717, 1.165) is 28.5 Å². The summed E-state index contributed by atoms with van der Waals surface area (Å²) in [7, 11) is 1.67. The topological polar surface area (TPSA) is 110 Å². The van der Waals surface area contributed by atoms with E-state index in [-0.39, 0.29) is 29.4 Å². The van der Waals surface area contributed by atoms with E-state index in [4.69, 9.17) is 4.42 Å². The van der Waals surface area contributed by atoms with Crippen molar-refractivity contribution in [3.05, 3.63) is 63.5 Å². The summed E-state index contributed by atoms with van der Waals surface area (Å²) in [5.74, 6) is 1.11. The number of nitrogens with one attached hydrogen (secondary N) is 2. The lowest BCUT2D eigenvalue weighted by atomic mass is 10.2. The van der Waals surface area contributed by atoms with Crippen molar-refractivity contribution in [2.24, 2.45) is 7.05 Å². The van der Waals surface area contributed by atoms with E-state index in [0.29, 0.717) is 5.69 Å². The summed E-state index contributed by atoms with van der Waals surface area (Å²) in [6.07, 6.45) is 3.32. The highest BCUT2D eigenvalue weighted by atomic mass is 16.3. The number of amides is 1. The van der Waals surface area contributed by atoms with Crippen LogP contribution in [0.2, 0.25) is 0 Å². The van der Waals surface area contributed by atoms with Crippen LogP contribution in [0.4, 0.5) is 0 Å². The molecule has 0 atom stereocenters. The van der Waals surface area contributed by atoms with Crippen molar-refractivity contribution < 1.29 is 9.21 Å². The molecule has 0 fully saturated rings. The number of H-pyrrole nitrogens is 1. The van der Waals surface area contributed by atoms with Gasteiger partial charge in [-0.3, -0.25) is 19.1 Å². The molecule has 0 aliphatic heterocycles. The maximum absolute atomic E-state index is 12.8. The second-order valence-corrected chi connectivity index (χ2v) is 6.79. The average molecular weight is 380 g/mol. The lowest BCUT2D eigenvalue weighted by Gasteiger charge is -2.07. The molecule has 0 spiro atoms. The van der Waals surface area contributed by atoms with E-state index >= 15 is 0 Å². The first-order valence-electron chi connectivity index (χ1n) is 8.78. The minimum absolute atomic E-state index is 0.168. The number of hydrogen-bond acceptors (Lipinski definition) is 5. The Labute approximate surface area is 160 Å². The Balaban J connectivity index is 1.69. The third-order valence-corrected chi connectivity index (χ3v) is 4.59. The molecule has 4 heterocycles. The van der Waals surface area contributed by atoms with Gasteiger partial charge in [0.25, 0.3) is 11.5 Å². The van der Waals surface area contributed by atoms with E-state index in [2.05, 4.69) is 20.5 Å². The zero-order valence-corrected chi connectivity index (χ0v) is 16.0. The lowest BCUT2D eigenvalue weighted by Crippen LogP contribution is -2.23. The van der Waals surface area contributed by atoms with Gasteiger partial charge in [0.05, 0.1) is 17.9 Å². The van der Waals surface area contributed by atoms with Gasteiger partial charge in [0.1, 0.15) is 17.2 Å². The van der Waals surface area contributed by atoms with Gasteiger partial charge in [-0.15, -0.1) is 0 Å². The first-order valence-corrected chi connectivity index (χ1v) is 8.78. The van der Waals surface area contributed by atoms with E-state index in [1.165, 1.54) is 4.57 Å². The van der Waals surface area contributed by atoms with Crippen molar-refractivity contribution in [2.45, 2.75) is 27.3 Å². The Morgan fingerprint density at radius 3 is 2.68 bits per heavy atom. The van der Waals surface area contributed by atoms with Crippen LogP contribution in [0.1, 0.15) is 33.4 Å². The maximum atomic E-state index is 12.8. The van der Waals surface area contributed by atoms with Crippen molar-refractivity contribution in [3.63, 3.8) is 0 Å². The number of aromatic nitrogens is 5. The van der Waals surface area contributed by atoms with Crippen molar-refractivity contribution in [1.82, 2.24) is 29.5 Å². The third-order valence-electron chi connectivity index (χ3n) is 4.59. The number of aryl methyl sites for hydroxylation is 3. The number of carbonyl (C=O) groups excluding carboxylic acids is 1. The van der Waals surface area contributed by atoms with Crippen LogP contribution < -0.4 is 10.9 Å². The highest BCUT2D eigenvalue weighted by Gasteiger charge is 2.18. The lowest BCUT2D eigenvalue weighted by molar-refractivity contribution is 0.0946. The van der Waals surface area contributed by atoms with Crippen molar-refractivity contribution in [1.29, 1.82) is 0 Å². The van der Waals surface area contributed by atoms with Crippen molar-refractivity contribution in [2.75, 3.05) is 0 Å². The molecule has 28 heavy (non-hydrogen) atoms. The summed E-state index contributed by atoms with van der Waals surface area (Å²) >= 11 is 0. The molecule has 144 valence electrons. The fourth-order valence-electron chi connectivity index (χ4n) is 3.20. The minimum Gasteiger partial charge on any atom is -0.466 e. The molecule has 4 rings (SSSR count). The SMILES string of the molecule is Cc1cc(CNC(=O)c2cn3cc(-c4cc(C)oc4C)n(C)c(=O)c3n2)n[nH]1. The van der Waals surface area contributed by atoms with Gasteiger partial charge in [0, 0.05) is 30.7 Å². The second kappa shape index (κ2) is 6.52. The zero-order chi connectivity index (χ0) is 20.0. The smallest absolute Gasteiger partial charge is 0.294 e. The molecule has 0 unspecified atom stereocenters. The number of nitrogens with zero attached hydrogens (tertiary/aromatic N) is 4. The molecule has 1 amide bonds. The minimum atomic E-state index is -0.372. The van der Waals surface area contributed by atoms with Gasteiger partial charge in [-0.1, -0.05) is 0 Å². The Hall–Kier alpha value is -3.62. The zero-order valence-electron chi connectivity index (χ0n) is 16.0. The van der Waals surface area contributed by atoms with Crippen LogP contribution in [-0.2, 0) is 13.6 Å². The number of hydrogen-bond donors (Lipinski definition) is 2. The molecule has 9 heteroatoms. The standard InChI is InChI=1S/C19H20N6O3/c1-10-5-13(23-22-10)7-20-18(26)15-8-25-9-16(14-6-11(2)28-12(14)3)24(4)19(27)17(25)21-15/h5-6,8-9H,7H2,1-4H3,(H,20,26)(H,22,23). The number of furan rings is 1. The molecular formula is C19H20N6O3. The summed E-state index contributed by atoms with van der Waals surface area (Å²) in [5.41, 5.74) is 3.21. The molecule has 0 saturated heterocycles. The first-order chi connectivity index (χ1) is 13.3. The number of fused-ring (bicyclic) bond motifs is 1. The summed E-state index contributed by atoms with van der Waals surface area (Å²) in [6, 6.07) is 3.73. The number of rotatable bonds is 4. The monoisotopic (exact) mass is 380 g/mol. The van der Waals surface area contributed by atoms with Gasteiger partial charge in [-0.05, 0) is 32.9 Å². The number of carbonyl (C=O) groups is 1. The molecule has 4 aromatic rings. The fraction of sp³-hybridized carbons (Fsp3) is 0.263. The highest BCUT2D eigenvalue weighted by molar-refractivity contribution is 5.92. The molecule has 2 N–H and O–H groups in total. The fourth-order valence-corrected chi connectivity index (χ4v) is 3.20. The first kappa shape index (κ1) is 17.8. The number of aromatic amines is 1. The molecule has 0 aliphatic carbocycles. The molecule has 0 saturated carbocycles. The Morgan fingerprint density at radius 2 is 2.04 bits per heavy atom. The van der Waals surface area contributed by atoms with Gasteiger partial charge in [0.2, 0.25) is 5.65 Å². The van der Waals surface area contributed by atoms with Gasteiger partial charge < -0.3 is 14.3 Å². The van der Waals surface area contributed by atoms with Crippen LogP contribution in [0.25, 0.3) is 16.9 Å². The largest absolute Gasteiger partial charge is 0.466 e. The van der Waals surface area contributed by atoms with Crippen molar-refractivity contribution >= 4 is 11.6 Å². The van der Waals surface area contributed by atoms with Crippen LogP contribution >= 0.6 is 0 Å². The predicted molar refractivity (Wildman–Crippen MR) is 102 cm³/mol. The van der Waals surface area contributed by atoms with Gasteiger partial charge in [0.15, 0.2) is 0 Å². The Kier molecular flexibility index (Phi) is 4.14. The molecule has 4 aromatic heterocycles. The Morgan fingerprint density at radius 1 is 1.25 bits per heavy atom. The van der Waals surface area contributed by atoms with Crippen LogP contribution in [0.15, 0.2) is 33.7 Å². The van der Waals surface area contributed by atoms with E-state index in [1.54, 1.807) is 23.8 Å². The summed E-state index contributed by atoms with van der Waals surface area (Å²) in [4.78, 5) is 29.4. The summed E-state index contributed by atoms with van der Waals surface area (Å²) in [6.45, 7) is 5.86. The van der Waals surface area contributed by atoms with E-state index in [9.17, 15) is 9.59 Å². The molecule has 0 aliphatic rings. The van der Waals surface area contributed by atoms with E-state index < -0.39 is 0 Å². The van der Waals surface area contributed by atoms with Crippen LogP contribution in [0.5, 0.6) is 0 Å².